The van der Waals surface area contributed by atoms with Crippen LogP contribution in [0, 0.1) is 0 Å². The van der Waals surface area contributed by atoms with Gasteiger partial charge in [-0.25, -0.2) is 0 Å². The molecule has 2 heterocycles. The van der Waals surface area contributed by atoms with Gasteiger partial charge < -0.3 is 0 Å². The highest BCUT2D eigenvalue weighted by Crippen LogP contribution is 2.46. The van der Waals surface area contributed by atoms with Crippen LogP contribution in [0.25, 0.3) is 0 Å². The first-order valence-electron chi connectivity index (χ1n) is 14.0. The van der Waals surface area contributed by atoms with Gasteiger partial charge in [0.25, 0.3) is 0 Å². The number of benzene rings is 4. The zero-order valence-electron chi connectivity index (χ0n) is 23.9. The van der Waals surface area contributed by atoms with Crippen molar-refractivity contribution >= 4 is 84.6 Å². The van der Waals surface area contributed by atoms with Gasteiger partial charge in [-0.2, -0.15) is 0 Å². The number of para-hydroxylation sites is 2. The zero-order chi connectivity index (χ0) is 29.5. The highest BCUT2D eigenvalue weighted by atomic mass is 32.6. The molecule has 6 aromatic rings. The van der Waals surface area contributed by atoms with Crippen molar-refractivity contribution in [1.82, 2.24) is 0 Å². The summed E-state index contributed by atoms with van der Waals surface area (Å²) < 4.78 is 0. The Kier molecular flexibility index (Phi) is 9.56. The summed E-state index contributed by atoms with van der Waals surface area (Å²) in [6.07, 6.45) is -2.63. The summed E-state index contributed by atoms with van der Waals surface area (Å²) in [5, 5.41) is 6.90. The molecule has 0 radical (unpaired) electrons. The van der Waals surface area contributed by atoms with Gasteiger partial charge in [-0.3, -0.25) is 9.98 Å². The minimum Gasteiger partial charge on any atom is -0.251 e. The average molecular weight is 647 g/mol. The van der Waals surface area contributed by atoms with E-state index in [4.69, 9.17) is 9.98 Å². The van der Waals surface area contributed by atoms with E-state index in [1.165, 1.54) is 29.9 Å². The van der Waals surface area contributed by atoms with Crippen LogP contribution in [0.3, 0.4) is 0 Å². The molecule has 212 valence electrons. The Morgan fingerprint density at radius 1 is 0.488 bits per heavy atom. The highest BCUT2D eigenvalue weighted by molar-refractivity contribution is 8.61. The van der Waals surface area contributed by atoms with Crippen LogP contribution in [0.2, 0.25) is 0 Å². The van der Waals surface area contributed by atoms with Crippen LogP contribution in [-0.4, -0.2) is 17.8 Å². The largest absolute Gasteiger partial charge is 0.251 e. The molecule has 0 unspecified atom stereocenters. The van der Waals surface area contributed by atoms with E-state index >= 15 is 0 Å². The fourth-order valence-corrected chi connectivity index (χ4v) is 17.6. The quantitative estimate of drug-likeness (QED) is 0.109. The Morgan fingerprint density at radius 3 is 1.28 bits per heavy atom. The first-order valence-corrected chi connectivity index (χ1v) is 20.8. The normalized spacial score (nSPS) is 12.4. The summed E-state index contributed by atoms with van der Waals surface area (Å²) in [6, 6.07) is 47.7. The van der Waals surface area contributed by atoms with Crippen molar-refractivity contribution in [3.8, 4) is 0 Å². The molecule has 0 spiro atoms. The van der Waals surface area contributed by atoms with Crippen molar-refractivity contribution in [1.29, 1.82) is 0 Å². The van der Waals surface area contributed by atoms with E-state index in [0.29, 0.717) is 0 Å². The Hall–Kier alpha value is -3.46. The zero-order valence-corrected chi connectivity index (χ0v) is 28.1. The van der Waals surface area contributed by atoms with Crippen LogP contribution in [0.4, 0.5) is 11.4 Å². The molecule has 0 saturated heterocycles. The van der Waals surface area contributed by atoms with Crippen molar-refractivity contribution in [2.24, 2.45) is 9.98 Å². The van der Waals surface area contributed by atoms with Gasteiger partial charge in [0.2, 0.25) is 6.37 Å². The maximum Gasteiger partial charge on any atom is 0.249 e. The first-order chi connectivity index (χ1) is 21.1. The van der Waals surface area contributed by atoms with Crippen molar-refractivity contribution in [2.45, 2.75) is 23.6 Å². The third kappa shape index (κ3) is 6.87. The lowest BCUT2D eigenvalue weighted by atomic mass is 10.3. The smallest absolute Gasteiger partial charge is 0.249 e. The lowest BCUT2D eigenvalue weighted by Gasteiger charge is -2.32. The van der Waals surface area contributed by atoms with Gasteiger partial charge >= 0.3 is 0 Å². The summed E-state index contributed by atoms with van der Waals surface area (Å²) in [4.78, 5) is 15.1. The molecule has 0 aliphatic rings. The fraction of sp³-hybridized carbons (Fsp3) is 0.0556. The third-order valence-electron chi connectivity index (χ3n) is 6.88. The molecule has 0 saturated carbocycles. The predicted octanol–water partition coefficient (Wildman–Crippen LogP) is 10.2. The number of rotatable bonds is 10. The Labute approximate surface area is 270 Å². The van der Waals surface area contributed by atoms with Crippen LogP contribution in [0.5, 0.6) is 0 Å². The third-order valence-corrected chi connectivity index (χ3v) is 20.1. The predicted molar refractivity (Wildman–Crippen MR) is 195 cm³/mol. The summed E-state index contributed by atoms with van der Waals surface area (Å²) in [5.74, 6) is 0. The highest BCUT2D eigenvalue weighted by Gasteiger charge is 2.41. The molecule has 7 heteroatoms. The van der Waals surface area contributed by atoms with E-state index < -0.39 is 6.37 Å². The van der Waals surface area contributed by atoms with Crippen molar-refractivity contribution in [2.75, 3.05) is 0 Å². The molecule has 0 aliphatic heterocycles. The molecule has 0 N–H and O–H groups in total. The monoisotopic (exact) mass is 646 g/mol. The van der Waals surface area contributed by atoms with Crippen LogP contribution in [0.15, 0.2) is 164 Å². The minimum atomic E-state index is -2.63. The molecule has 2 aromatic heterocycles. The van der Waals surface area contributed by atoms with Crippen LogP contribution < -0.4 is 10.4 Å². The Bertz CT molecular complexity index is 1690. The molecule has 2 nitrogen and oxygen atoms in total. The molecule has 0 fully saturated rings. The second-order valence-electron chi connectivity index (χ2n) is 9.84. The van der Waals surface area contributed by atoms with Gasteiger partial charge in [0.05, 0.1) is 22.8 Å². The molecule has 0 atom stereocenters. The van der Waals surface area contributed by atoms with Crippen LogP contribution >= 0.6 is 45.1 Å². The van der Waals surface area contributed by atoms with Gasteiger partial charge in [-0.1, -0.05) is 97.1 Å². The maximum absolute atomic E-state index is 5.16. The number of nitrogens with zero attached hydrogens (tertiary/aromatic N) is 2. The van der Waals surface area contributed by atoms with E-state index in [2.05, 4.69) is 158 Å². The molecule has 6 rings (SSSR count). The van der Waals surface area contributed by atoms with Crippen molar-refractivity contribution in [3.05, 3.63) is 154 Å². The Balaban J connectivity index is 1.51. The first kappa shape index (κ1) is 29.6. The van der Waals surface area contributed by atoms with E-state index in [-0.39, 0.29) is 0 Å². The number of aliphatic imine (C=N–C) groups is 2. The standard InChI is InChI=1S/C36H30N2S4Si/c1-27(33-23-13-25-39-33)37-31-19-9-11-21-35(31)41-43(29-15-5-3-6-16-29,30-17-7-4-8-18-30)42-36-22-12-10-20-32(36)38-28(2)34-24-14-26-40-34/h3-26H,1-2H3. The summed E-state index contributed by atoms with van der Waals surface area (Å²) >= 11 is 7.41. The van der Waals surface area contributed by atoms with E-state index in [9.17, 15) is 0 Å². The SMILES string of the molecule is CC(=Nc1ccccc1S[Si](Sc1ccccc1N=C(C)c1cccs1)(c1ccccc1)c1ccccc1)c1cccs1. The lowest BCUT2D eigenvalue weighted by Crippen LogP contribution is -2.52. The molecule has 4 aromatic carbocycles. The molecular weight excluding hydrogens is 617 g/mol. The molecule has 0 aliphatic carbocycles. The second-order valence-corrected chi connectivity index (χ2v) is 21.1. The Morgan fingerprint density at radius 2 is 0.884 bits per heavy atom. The minimum absolute atomic E-state index is 1.00. The van der Waals surface area contributed by atoms with E-state index in [1.807, 2.05) is 22.4 Å². The number of hydrogen-bond donors (Lipinski definition) is 0. The molecular formula is C36H30N2S4Si. The van der Waals surface area contributed by atoms with Crippen LogP contribution in [0.1, 0.15) is 23.6 Å². The fourth-order valence-electron chi connectivity index (χ4n) is 4.76. The number of hydrogen-bond acceptors (Lipinski definition) is 6. The van der Waals surface area contributed by atoms with Gasteiger partial charge in [0.15, 0.2) is 0 Å². The maximum atomic E-state index is 5.16. The lowest BCUT2D eigenvalue weighted by molar-refractivity contribution is 1.37. The molecule has 0 bridgehead atoms. The van der Waals surface area contributed by atoms with Gasteiger partial charge in [0.1, 0.15) is 0 Å². The van der Waals surface area contributed by atoms with E-state index in [1.54, 1.807) is 22.7 Å². The average Bonchev–Trinajstić information content (AvgIpc) is 3.79. The van der Waals surface area contributed by atoms with Gasteiger partial charge in [0, 0.05) is 19.5 Å². The molecule has 0 amide bonds. The topological polar surface area (TPSA) is 24.7 Å². The van der Waals surface area contributed by atoms with Gasteiger partial charge in [-0.15, -0.1) is 45.1 Å². The number of thiophene rings is 2. The summed E-state index contributed by atoms with van der Waals surface area (Å²) in [5.41, 5.74) is 4.07. The molecule has 43 heavy (non-hydrogen) atoms. The van der Waals surface area contributed by atoms with Gasteiger partial charge in [-0.05, 0) is 71.4 Å². The van der Waals surface area contributed by atoms with Crippen LogP contribution in [-0.2, 0) is 0 Å². The summed E-state index contributed by atoms with van der Waals surface area (Å²) in [6.45, 7) is 4.20. The summed E-state index contributed by atoms with van der Waals surface area (Å²) in [7, 11) is 0. The van der Waals surface area contributed by atoms with E-state index in [0.717, 1.165) is 22.8 Å². The second kappa shape index (κ2) is 13.9. The van der Waals surface area contributed by atoms with Crippen molar-refractivity contribution in [3.63, 3.8) is 0 Å². The van der Waals surface area contributed by atoms with Crippen molar-refractivity contribution < 1.29 is 0 Å².